The van der Waals surface area contributed by atoms with Crippen LogP contribution in [0.5, 0.6) is 17.2 Å². The van der Waals surface area contributed by atoms with Gasteiger partial charge in [0, 0.05) is 16.3 Å². The minimum absolute atomic E-state index is 0.0630. The van der Waals surface area contributed by atoms with Crippen LogP contribution in [0.2, 0.25) is 5.02 Å². The lowest BCUT2D eigenvalue weighted by molar-refractivity contribution is -0.132. The van der Waals surface area contributed by atoms with E-state index in [9.17, 15) is 14.7 Å². The Morgan fingerprint density at radius 3 is 2.43 bits per heavy atom. The van der Waals surface area contributed by atoms with E-state index in [1.54, 1.807) is 48.5 Å². The van der Waals surface area contributed by atoms with Crippen molar-refractivity contribution in [3.8, 4) is 17.2 Å². The first-order valence-electron chi connectivity index (χ1n) is 15.0. The Balaban J connectivity index is 1.37. The zero-order valence-electron chi connectivity index (χ0n) is 25.3. The number of halogens is 1. The van der Waals surface area contributed by atoms with Crippen LogP contribution < -0.4 is 14.4 Å². The smallest absolute Gasteiger partial charge is 0.301 e. The van der Waals surface area contributed by atoms with Crippen LogP contribution in [0.3, 0.4) is 0 Å². The summed E-state index contributed by atoms with van der Waals surface area (Å²) in [5.74, 6) is 0.380. The largest absolute Gasteiger partial charge is 0.507 e. The van der Waals surface area contributed by atoms with Crippen LogP contribution in [0.25, 0.3) is 5.76 Å². The average molecular weight is 684 g/mol. The number of nitrogens with zero attached hydrogens (tertiary/aromatic N) is 3. The van der Waals surface area contributed by atoms with E-state index in [0.29, 0.717) is 50.1 Å². The molecule has 1 N–H and O–H groups in total. The van der Waals surface area contributed by atoms with Gasteiger partial charge in [-0.15, -0.1) is 10.2 Å². The lowest BCUT2D eigenvalue weighted by Gasteiger charge is -2.23. The van der Waals surface area contributed by atoms with Gasteiger partial charge in [0.05, 0.1) is 18.2 Å². The molecule has 238 valence electrons. The molecule has 5 aromatic rings. The molecule has 1 aromatic heterocycles. The molecule has 47 heavy (non-hydrogen) atoms. The second-order valence-electron chi connectivity index (χ2n) is 10.6. The van der Waals surface area contributed by atoms with Gasteiger partial charge < -0.3 is 14.6 Å². The zero-order valence-corrected chi connectivity index (χ0v) is 27.7. The Labute approximate surface area is 285 Å². The van der Waals surface area contributed by atoms with Gasteiger partial charge in [0.25, 0.3) is 5.78 Å². The number of hydrogen-bond acceptors (Lipinski definition) is 9. The molecule has 1 aliphatic heterocycles. The number of aromatic nitrogens is 2. The number of carbonyl (C=O) groups is 2. The van der Waals surface area contributed by atoms with E-state index in [1.807, 2.05) is 54.6 Å². The first-order valence-corrected chi connectivity index (χ1v) is 17.2. The van der Waals surface area contributed by atoms with E-state index in [4.69, 9.17) is 21.1 Å². The number of thioether (sulfide) groups is 1. The van der Waals surface area contributed by atoms with Crippen molar-refractivity contribution in [2.75, 3.05) is 11.5 Å². The molecule has 2 heterocycles. The van der Waals surface area contributed by atoms with Crippen molar-refractivity contribution in [2.45, 2.75) is 35.9 Å². The molecule has 0 radical (unpaired) electrons. The SMILES string of the molecule is CCCCOc1ccc(/C(O)=C2\C(=O)C(=O)N(c3nnc(SCc4ccccc4Cl)s3)C2c2cccc(Oc3ccccc3)c2)cc1. The number of para-hydroxylation sites is 1. The number of ether oxygens (including phenoxy) is 2. The molecule has 1 aliphatic rings. The van der Waals surface area contributed by atoms with Gasteiger partial charge in [0.1, 0.15) is 23.0 Å². The van der Waals surface area contributed by atoms with Gasteiger partial charge in [0.2, 0.25) is 5.13 Å². The van der Waals surface area contributed by atoms with Crippen LogP contribution in [-0.2, 0) is 15.3 Å². The quantitative estimate of drug-likeness (QED) is 0.0347. The predicted molar refractivity (Wildman–Crippen MR) is 186 cm³/mol. The number of amides is 1. The molecule has 11 heteroatoms. The summed E-state index contributed by atoms with van der Waals surface area (Å²) in [6.07, 6.45) is 1.93. The highest BCUT2D eigenvalue weighted by Crippen LogP contribution is 2.45. The standard InChI is InChI=1S/C36H30ClN3O5S2/c1-2-3-20-44-26-18-16-23(17-19-26)32(41)30-31(24-11-9-14-28(21-24)45-27-12-5-4-6-13-27)40(34(43)33(30)42)35-38-39-36(47-35)46-22-25-10-7-8-15-29(25)37/h4-19,21,31,41H,2-3,20,22H2,1H3/b32-30+. The maximum absolute atomic E-state index is 13.7. The van der Waals surface area contributed by atoms with Gasteiger partial charge in [-0.05, 0) is 72.1 Å². The fraction of sp³-hybridized carbons (Fsp3) is 0.167. The number of anilines is 1. The maximum Gasteiger partial charge on any atom is 0.301 e. The number of rotatable bonds is 12. The average Bonchev–Trinajstić information content (AvgIpc) is 3.66. The first kappa shape index (κ1) is 32.3. The highest BCUT2D eigenvalue weighted by atomic mass is 35.5. The Kier molecular flexibility index (Phi) is 10.2. The minimum atomic E-state index is -0.996. The lowest BCUT2D eigenvalue weighted by Crippen LogP contribution is -2.29. The number of unbranched alkanes of at least 4 members (excludes halogenated alkanes) is 1. The number of carbonyl (C=O) groups excluding carboxylic acids is 2. The third-order valence-electron chi connectivity index (χ3n) is 7.40. The van der Waals surface area contributed by atoms with Crippen molar-refractivity contribution in [1.82, 2.24) is 10.2 Å². The molecule has 1 amide bonds. The molecule has 4 aromatic carbocycles. The summed E-state index contributed by atoms with van der Waals surface area (Å²) < 4.78 is 12.4. The molecule has 0 saturated carbocycles. The number of Topliss-reactive ketones (excluding diaryl/α,β-unsaturated/α-hetero) is 1. The Bertz CT molecular complexity index is 1910. The van der Waals surface area contributed by atoms with E-state index in [2.05, 4.69) is 17.1 Å². The molecular weight excluding hydrogens is 654 g/mol. The Morgan fingerprint density at radius 2 is 1.66 bits per heavy atom. The Morgan fingerprint density at radius 1 is 0.915 bits per heavy atom. The lowest BCUT2D eigenvalue weighted by atomic mass is 9.95. The van der Waals surface area contributed by atoms with Gasteiger partial charge in [-0.25, -0.2) is 0 Å². The highest BCUT2D eigenvalue weighted by molar-refractivity contribution is 8.00. The Hall–Kier alpha value is -4.64. The second kappa shape index (κ2) is 14.8. The van der Waals surface area contributed by atoms with Crippen molar-refractivity contribution in [1.29, 1.82) is 0 Å². The van der Waals surface area contributed by atoms with Gasteiger partial charge >= 0.3 is 5.91 Å². The fourth-order valence-electron chi connectivity index (χ4n) is 5.03. The monoisotopic (exact) mass is 683 g/mol. The van der Waals surface area contributed by atoms with Crippen molar-refractivity contribution >= 4 is 57.3 Å². The van der Waals surface area contributed by atoms with Crippen LogP contribution in [-0.4, -0.2) is 33.6 Å². The van der Waals surface area contributed by atoms with E-state index < -0.39 is 17.7 Å². The summed E-state index contributed by atoms with van der Waals surface area (Å²) in [6.45, 7) is 2.66. The topological polar surface area (TPSA) is 102 Å². The van der Waals surface area contributed by atoms with E-state index >= 15 is 0 Å². The first-order chi connectivity index (χ1) is 22.9. The van der Waals surface area contributed by atoms with Gasteiger partial charge in [-0.2, -0.15) is 0 Å². The molecule has 1 unspecified atom stereocenters. The van der Waals surface area contributed by atoms with Gasteiger partial charge in [-0.3, -0.25) is 14.5 Å². The van der Waals surface area contributed by atoms with Crippen LogP contribution >= 0.6 is 34.7 Å². The van der Waals surface area contributed by atoms with Crippen molar-refractivity contribution in [3.05, 3.63) is 130 Å². The number of benzene rings is 4. The molecule has 6 rings (SSSR count). The number of hydrogen-bond donors (Lipinski definition) is 1. The van der Waals surface area contributed by atoms with E-state index in [1.165, 1.54) is 28.0 Å². The third kappa shape index (κ3) is 7.35. The molecule has 1 fully saturated rings. The summed E-state index contributed by atoms with van der Waals surface area (Å²) in [6, 6.07) is 29.7. The van der Waals surface area contributed by atoms with Crippen molar-refractivity contribution < 1.29 is 24.2 Å². The highest BCUT2D eigenvalue weighted by Gasteiger charge is 2.48. The van der Waals surface area contributed by atoms with Crippen LogP contribution in [0, 0.1) is 0 Å². The van der Waals surface area contributed by atoms with E-state index in [0.717, 1.165) is 18.4 Å². The normalized spacial score (nSPS) is 15.6. The summed E-state index contributed by atoms with van der Waals surface area (Å²) in [5, 5.41) is 21.1. The van der Waals surface area contributed by atoms with Crippen LogP contribution in [0.4, 0.5) is 5.13 Å². The number of ketones is 1. The van der Waals surface area contributed by atoms with Crippen molar-refractivity contribution in [3.63, 3.8) is 0 Å². The number of aliphatic hydroxyl groups excluding tert-OH is 1. The molecule has 8 nitrogen and oxygen atoms in total. The van der Waals surface area contributed by atoms with Gasteiger partial charge in [0.15, 0.2) is 4.34 Å². The molecule has 0 bridgehead atoms. The summed E-state index contributed by atoms with van der Waals surface area (Å²) >= 11 is 8.95. The summed E-state index contributed by atoms with van der Waals surface area (Å²) in [4.78, 5) is 28.8. The minimum Gasteiger partial charge on any atom is -0.507 e. The fourth-order valence-corrected chi connectivity index (χ4v) is 7.18. The number of aliphatic hydroxyl groups is 1. The van der Waals surface area contributed by atoms with Crippen LogP contribution in [0.1, 0.15) is 42.5 Å². The van der Waals surface area contributed by atoms with Gasteiger partial charge in [-0.1, -0.05) is 96.6 Å². The molecule has 1 atom stereocenters. The molecular formula is C36H30ClN3O5S2. The summed E-state index contributed by atoms with van der Waals surface area (Å²) in [7, 11) is 0. The van der Waals surface area contributed by atoms with Crippen molar-refractivity contribution in [2.24, 2.45) is 0 Å². The maximum atomic E-state index is 13.7. The molecule has 0 spiro atoms. The second-order valence-corrected chi connectivity index (χ2v) is 13.2. The predicted octanol–water partition coefficient (Wildman–Crippen LogP) is 9.08. The molecule has 0 aliphatic carbocycles. The third-order valence-corrected chi connectivity index (χ3v) is 9.88. The molecule has 1 saturated heterocycles. The zero-order chi connectivity index (χ0) is 32.8. The summed E-state index contributed by atoms with van der Waals surface area (Å²) in [5.41, 5.74) is 1.81. The van der Waals surface area contributed by atoms with Crippen LogP contribution in [0.15, 0.2) is 113 Å². The van der Waals surface area contributed by atoms with E-state index in [-0.39, 0.29) is 16.5 Å².